The van der Waals surface area contributed by atoms with Crippen LogP contribution in [0.4, 0.5) is 0 Å². The summed E-state index contributed by atoms with van der Waals surface area (Å²) in [6.07, 6.45) is 64.7. The molecule has 0 radical (unpaired) electrons. The summed E-state index contributed by atoms with van der Waals surface area (Å²) in [5.74, 6) is 10.4. The maximum atomic E-state index is 12.0. The van der Waals surface area contributed by atoms with Crippen LogP contribution in [-0.4, -0.2) is 72.9 Å². The van der Waals surface area contributed by atoms with Crippen molar-refractivity contribution in [2.24, 2.45) is 85.2 Å². The zero-order valence-corrected chi connectivity index (χ0v) is 69.9. The number of fused-ring (bicyclic) bond motifs is 13. The summed E-state index contributed by atoms with van der Waals surface area (Å²) in [5, 5.41) is 0. The van der Waals surface area contributed by atoms with E-state index in [9.17, 15) is 9.59 Å². The van der Waals surface area contributed by atoms with Crippen molar-refractivity contribution >= 4 is 11.6 Å². The minimum absolute atomic E-state index is 0. The number of carbonyl (C=O) groups is 2. The Kier molecular flexibility index (Phi) is 31.1. The Bertz CT molecular complexity index is 3120. The molecule has 14 aliphatic rings. The first-order valence-corrected chi connectivity index (χ1v) is 41.6. The molecule has 0 aromatic heterocycles. The fraction of sp³-hybridized carbons (Fsp3) is 0.768. The first kappa shape index (κ1) is 87.2. The van der Waals surface area contributed by atoms with Crippen molar-refractivity contribution < 1.29 is 42.7 Å². The van der Waals surface area contributed by atoms with Crippen LogP contribution in [0.2, 0.25) is 0 Å². The lowest BCUT2D eigenvalue weighted by Gasteiger charge is -2.58. The lowest BCUT2D eigenvalue weighted by molar-refractivity contribution is -0.179. The largest absolute Gasteiger partial charge is 0.501 e. The van der Waals surface area contributed by atoms with Crippen LogP contribution >= 0.6 is 0 Å². The second-order valence-corrected chi connectivity index (χ2v) is 36.9. The van der Waals surface area contributed by atoms with Crippen molar-refractivity contribution in [1.29, 1.82) is 0 Å². The molecule has 14 rings (SSSR count). The van der Waals surface area contributed by atoms with Gasteiger partial charge in [0.25, 0.3) is 0 Å². The van der Waals surface area contributed by atoms with Crippen LogP contribution in [0.1, 0.15) is 323 Å². The Morgan fingerprint density at radius 3 is 1.29 bits per heavy atom. The van der Waals surface area contributed by atoms with Gasteiger partial charge in [-0.3, -0.25) is 9.59 Å². The van der Waals surface area contributed by atoms with Gasteiger partial charge in [0.05, 0.1) is 38.6 Å². The molecule has 0 spiro atoms. The van der Waals surface area contributed by atoms with E-state index in [2.05, 4.69) is 125 Å². The molecule has 0 aliphatic heterocycles. The van der Waals surface area contributed by atoms with Crippen molar-refractivity contribution in [3.63, 3.8) is 0 Å². The summed E-state index contributed by atoms with van der Waals surface area (Å²) in [4.78, 5) is 23.1. The van der Waals surface area contributed by atoms with Crippen molar-refractivity contribution in [3.8, 4) is 0 Å². The van der Waals surface area contributed by atoms with Crippen LogP contribution in [0.5, 0.6) is 0 Å². The molecule has 6 fully saturated rings. The quantitative estimate of drug-likeness (QED) is 0.148. The van der Waals surface area contributed by atoms with Crippen molar-refractivity contribution in [2.45, 2.75) is 335 Å². The third kappa shape index (κ3) is 19.8. The van der Waals surface area contributed by atoms with Crippen LogP contribution in [0.3, 0.4) is 0 Å². The Labute approximate surface area is 637 Å². The van der Waals surface area contributed by atoms with Crippen molar-refractivity contribution in [1.82, 2.24) is 0 Å². The molecule has 6 unspecified atom stereocenters. The van der Waals surface area contributed by atoms with E-state index in [1.54, 1.807) is 59.4 Å². The lowest BCUT2D eigenvalue weighted by atomic mass is 9.46. The Morgan fingerprint density at radius 1 is 0.413 bits per heavy atom. The van der Waals surface area contributed by atoms with Crippen LogP contribution in [-0.2, 0) is 42.7 Å². The summed E-state index contributed by atoms with van der Waals surface area (Å²) in [5.41, 5.74) is 14.0. The van der Waals surface area contributed by atoms with Crippen LogP contribution in [0.25, 0.3) is 0 Å². The number of ketones is 2. The second-order valence-electron chi connectivity index (χ2n) is 36.9. The predicted molar refractivity (Wildman–Crippen MR) is 435 cm³/mol. The van der Waals surface area contributed by atoms with Gasteiger partial charge < -0.3 is 33.2 Å². The SMILES string of the molecule is C.CC/C=C(\C)[C@H]1CCC2C3CC=C4C=C(OC)CC[C@]4(C)C3CC[C@@]21C.CC/C=C(\C)[C@H]1CCC2C3CCC4=CC(=O)CC[C@]4(C)C3CC[C@@]21C.COC(C)(C)OC.COC(C)(C)OC.COC1=CC2=CCCC[C@@]2(C)CC1.COC1=CC2=CCCC[C@@]2(C)CC1.C[C@@]12CCCCC1=CC(=O)CC2. The van der Waals surface area contributed by atoms with Crippen LogP contribution in [0, 0.1) is 85.2 Å². The van der Waals surface area contributed by atoms with E-state index in [0.29, 0.717) is 49.5 Å². The number of ether oxygens (including phenoxy) is 7. The second kappa shape index (κ2) is 37.1. The van der Waals surface area contributed by atoms with E-state index in [4.69, 9.17) is 33.2 Å². The summed E-state index contributed by atoms with van der Waals surface area (Å²) < 4.78 is 35.7. The van der Waals surface area contributed by atoms with E-state index in [-0.39, 0.29) is 7.43 Å². The maximum absolute atomic E-state index is 12.0. The zero-order valence-electron chi connectivity index (χ0n) is 69.9. The Balaban J connectivity index is 0.000000179. The molecule has 9 heteroatoms. The molecule has 0 amide bonds. The van der Waals surface area contributed by atoms with E-state index in [1.807, 2.05) is 47.0 Å². The van der Waals surface area contributed by atoms with E-state index in [1.165, 1.54) is 195 Å². The molecule has 14 aliphatic carbocycles. The zero-order chi connectivity index (χ0) is 75.4. The summed E-state index contributed by atoms with van der Waals surface area (Å²) in [7, 11) is 11.8. The molecule has 588 valence electrons. The van der Waals surface area contributed by atoms with E-state index < -0.39 is 11.6 Å². The first-order valence-electron chi connectivity index (χ1n) is 41.6. The molecule has 0 heterocycles. The molecule has 0 aromatic rings. The average molecular weight is 1440 g/mol. The van der Waals surface area contributed by atoms with E-state index in [0.717, 1.165) is 104 Å². The molecular weight excluding hydrogens is 1290 g/mol. The van der Waals surface area contributed by atoms with E-state index >= 15 is 0 Å². The van der Waals surface area contributed by atoms with Crippen molar-refractivity contribution in [2.75, 3.05) is 49.8 Å². The minimum atomic E-state index is -0.417. The summed E-state index contributed by atoms with van der Waals surface area (Å²) >= 11 is 0. The van der Waals surface area contributed by atoms with Crippen LogP contribution in [0.15, 0.2) is 117 Å². The van der Waals surface area contributed by atoms with Gasteiger partial charge in [0.15, 0.2) is 23.1 Å². The summed E-state index contributed by atoms with van der Waals surface area (Å²) in [6.45, 7) is 34.2. The van der Waals surface area contributed by atoms with Gasteiger partial charge in [0, 0.05) is 60.5 Å². The highest BCUT2D eigenvalue weighted by Gasteiger charge is 2.61. The van der Waals surface area contributed by atoms with Gasteiger partial charge >= 0.3 is 0 Å². The molecule has 9 nitrogen and oxygen atoms in total. The number of carbonyl (C=O) groups excluding carboxylic acids is 2. The topological polar surface area (TPSA) is 98.8 Å². The van der Waals surface area contributed by atoms with Gasteiger partial charge in [-0.15, -0.1) is 0 Å². The smallest absolute Gasteiger partial charge is 0.161 e. The monoisotopic (exact) mass is 1440 g/mol. The average Bonchev–Trinajstić information content (AvgIpc) is 1.43. The maximum Gasteiger partial charge on any atom is 0.161 e. The fourth-order valence-corrected chi connectivity index (χ4v) is 23.0. The molecule has 0 aromatic carbocycles. The number of hydrogen-bond donors (Lipinski definition) is 0. The normalized spacial score (nSPS) is 36.6. The molecule has 104 heavy (non-hydrogen) atoms. The Hall–Kier alpha value is -4.02. The highest BCUT2D eigenvalue weighted by atomic mass is 16.7. The third-order valence-corrected chi connectivity index (χ3v) is 30.5. The highest BCUT2D eigenvalue weighted by Crippen LogP contribution is 2.69. The van der Waals surface area contributed by atoms with Crippen molar-refractivity contribution in [3.05, 3.63) is 117 Å². The van der Waals surface area contributed by atoms with Crippen LogP contribution < -0.4 is 0 Å². The Morgan fingerprint density at radius 2 is 0.827 bits per heavy atom. The molecular formula is C95H154O9. The number of hydrogen-bond acceptors (Lipinski definition) is 9. The number of methoxy groups -OCH3 is 7. The number of rotatable bonds is 11. The van der Waals surface area contributed by atoms with Gasteiger partial charge in [0.1, 0.15) is 0 Å². The fourth-order valence-electron chi connectivity index (χ4n) is 23.0. The van der Waals surface area contributed by atoms with Gasteiger partial charge in [-0.05, 0) is 347 Å². The van der Waals surface area contributed by atoms with Gasteiger partial charge in [-0.25, -0.2) is 0 Å². The molecule has 15 atom stereocenters. The van der Waals surface area contributed by atoms with Gasteiger partial charge in [0.2, 0.25) is 0 Å². The third-order valence-electron chi connectivity index (χ3n) is 30.5. The van der Waals surface area contributed by atoms with Gasteiger partial charge in [-0.2, -0.15) is 0 Å². The highest BCUT2D eigenvalue weighted by molar-refractivity contribution is 5.92. The first-order chi connectivity index (χ1) is 48.8. The minimum Gasteiger partial charge on any atom is -0.501 e. The predicted octanol–water partition coefficient (Wildman–Crippen LogP) is 25.9. The molecule has 0 bridgehead atoms. The molecule has 6 saturated carbocycles. The number of allylic oxidation sites excluding steroid dienone is 19. The standard InChI is InChI=1S/C25H38O.C24H36O.2C12H18O.C11H16O.2C5H12O2.CH4/c1-6-7-17(2)21-10-11-22-20-9-8-18-16-19(26-5)12-14-24(18,3)23(20)13-15-25(21,22)4;1-5-6-16(2)20-9-10-21-19-8-7-17-15-18(25)11-13-23(17,3)22(19)12-14-24(20,21)4;2*1-12-7-4-3-5-10(12)9-11(13-2)6-8-12;1-11-6-3-2-4-9(11)8-10(12)5-7-11;2*1-5(2,6-3)7-4;/h7-8,16,20-23H,6,9-15H2,1-5H3;6,15,19-22H,5,7-14H2,1-4H3;2*5,9H,3-4,6-8H2,1-2H3;8H,2-7H2,1H3;2*1-4H3;1H4/b17-7+;16-6+;;;;;;/t20?,21-,22?,23?,24+,25-;19?,20-,21?,22?,23+,24-;2*12-;11-;;;/m11000.../s1. The lowest BCUT2D eigenvalue weighted by Crippen LogP contribution is -2.50. The summed E-state index contributed by atoms with van der Waals surface area (Å²) in [6, 6.07) is 0. The molecule has 0 N–H and O–H groups in total. The van der Waals surface area contributed by atoms with Gasteiger partial charge in [-0.1, -0.05) is 129 Å². The molecule has 0 saturated heterocycles.